The van der Waals surface area contributed by atoms with Crippen molar-refractivity contribution in [2.75, 3.05) is 18.1 Å². The number of thioether (sulfide) groups is 1. The zero-order valence-corrected chi connectivity index (χ0v) is 12.9. The number of aryl methyl sites for hydroxylation is 1. The van der Waals surface area contributed by atoms with Crippen LogP contribution in [-0.2, 0) is 12.8 Å². The molecule has 1 aromatic heterocycles. The maximum absolute atomic E-state index is 3.67. The average Bonchev–Trinajstić information content (AvgIpc) is 2.80. The highest BCUT2D eigenvalue weighted by molar-refractivity contribution is 7.99. The number of nitrogens with one attached hydrogen (secondary N) is 1. The van der Waals surface area contributed by atoms with Crippen molar-refractivity contribution in [3.05, 3.63) is 21.9 Å². The second-order valence-corrected chi connectivity index (χ2v) is 6.81. The third-order valence-electron chi connectivity index (χ3n) is 2.72. The molecule has 98 valence electrons. The Morgan fingerprint density at radius 2 is 2.00 bits per heavy atom. The van der Waals surface area contributed by atoms with Gasteiger partial charge >= 0.3 is 0 Å². The van der Waals surface area contributed by atoms with Crippen LogP contribution in [0.2, 0.25) is 0 Å². The maximum Gasteiger partial charge on any atom is 0.0206 e. The zero-order chi connectivity index (χ0) is 12.5. The molecule has 0 saturated heterocycles. The average molecular weight is 271 g/mol. The largest absolute Gasteiger partial charge is 0.313 e. The summed E-state index contributed by atoms with van der Waals surface area (Å²) >= 11 is 4.02. The minimum atomic E-state index is 0.642. The van der Waals surface area contributed by atoms with Crippen LogP contribution in [0.5, 0.6) is 0 Å². The Balaban J connectivity index is 2.45. The first-order valence-corrected chi connectivity index (χ1v) is 8.65. The van der Waals surface area contributed by atoms with E-state index in [9.17, 15) is 0 Å². The first kappa shape index (κ1) is 15.1. The highest BCUT2D eigenvalue weighted by Crippen LogP contribution is 2.19. The maximum atomic E-state index is 3.67. The van der Waals surface area contributed by atoms with Crippen molar-refractivity contribution in [2.45, 2.75) is 46.1 Å². The van der Waals surface area contributed by atoms with E-state index in [4.69, 9.17) is 0 Å². The van der Waals surface area contributed by atoms with Gasteiger partial charge in [-0.3, -0.25) is 0 Å². The smallest absolute Gasteiger partial charge is 0.0206 e. The lowest BCUT2D eigenvalue weighted by Crippen LogP contribution is -2.33. The van der Waals surface area contributed by atoms with Gasteiger partial charge in [0, 0.05) is 21.5 Å². The second kappa shape index (κ2) is 9.01. The predicted octanol–water partition coefficient (Wildman–Crippen LogP) is 3.97. The Bertz CT molecular complexity index is 288. The zero-order valence-electron chi connectivity index (χ0n) is 11.3. The molecule has 0 saturated carbocycles. The van der Waals surface area contributed by atoms with Gasteiger partial charge in [0.1, 0.15) is 0 Å². The summed E-state index contributed by atoms with van der Waals surface area (Å²) in [5.41, 5.74) is 0. The van der Waals surface area contributed by atoms with E-state index in [0.29, 0.717) is 6.04 Å². The third-order valence-corrected chi connectivity index (χ3v) is 5.02. The molecule has 1 aromatic rings. The van der Waals surface area contributed by atoms with Crippen LogP contribution < -0.4 is 5.32 Å². The second-order valence-electron chi connectivity index (χ2n) is 4.24. The summed E-state index contributed by atoms with van der Waals surface area (Å²) in [7, 11) is 0. The summed E-state index contributed by atoms with van der Waals surface area (Å²) in [5, 5.41) is 3.67. The van der Waals surface area contributed by atoms with Gasteiger partial charge in [-0.05, 0) is 43.7 Å². The number of hydrogen-bond acceptors (Lipinski definition) is 3. The van der Waals surface area contributed by atoms with Gasteiger partial charge in [-0.2, -0.15) is 11.8 Å². The molecule has 3 heteroatoms. The van der Waals surface area contributed by atoms with Crippen LogP contribution in [0.25, 0.3) is 0 Å². The van der Waals surface area contributed by atoms with E-state index in [-0.39, 0.29) is 0 Å². The highest BCUT2D eigenvalue weighted by Gasteiger charge is 2.10. The number of thiophene rings is 1. The molecular weight excluding hydrogens is 246 g/mol. The molecule has 0 radical (unpaired) electrons. The number of hydrogen-bond donors (Lipinski definition) is 1. The fourth-order valence-electron chi connectivity index (χ4n) is 1.76. The van der Waals surface area contributed by atoms with Crippen molar-refractivity contribution in [1.82, 2.24) is 5.32 Å². The van der Waals surface area contributed by atoms with E-state index in [1.165, 1.54) is 40.5 Å². The van der Waals surface area contributed by atoms with Crippen molar-refractivity contribution >= 4 is 23.1 Å². The van der Waals surface area contributed by atoms with Crippen LogP contribution in [0.15, 0.2) is 12.1 Å². The van der Waals surface area contributed by atoms with Crippen molar-refractivity contribution in [3.8, 4) is 0 Å². The molecule has 0 spiro atoms. The Hall–Kier alpha value is 0.01000. The fraction of sp³-hybridized carbons (Fsp3) is 0.714. The predicted molar refractivity (Wildman–Crippen MR) is 82.5 cm³/mol. The Labute approximate surface area is 114 Å². The van der Waals surface area contributed by atoms with E-state index in [1.807, 2.05) is 23.1 Å². The van der Waals surface area contributed by atoms with Gasteiger partial charge in [-0.25, -0.2) is 0 Å². The Morgan fingerprint density at radius 1 is 1.24 bits per heavy atom. The summed E-state index contributed by atoms with van der Waals surface area (Å²) in [6.07, 6.45) is 3.58. The molecule has 0 aliphatic rings. The Kier molecular flexibility index (Phi) is 7.99. The molecule has 0 aromatic carbocycles. The van der Waals surface area contributed by atoms with Gasteiger partial charge < -0.3 is 5.32 Å². The molecule has 1 unspecified atom stereocenters. The third kappa shape index (κ3) is 5.94. The first-order chi connectivity index (χ1) is 8.30. The van der Waals surface area contributed by atoms with Gasteiger partial charge in [0.25, 0.3) is 0 Å². The highest BCUT2D eigenvalue weighted by atomic mass is 32.2. The lowest BCUT2D eigenvalue weighted by atomic mass is 10.2. The van der Waals surface area contributed by atoms with Gasteiger partial charge in [0.15, 0.2) is 0 Å². The van der Waals surface area contributed by atoms with Crippen molar-refractivity contribution in [2.24, 2.45) is 0 Å². The van der Waals surface area contributed by atoms with Gasteiger partial charge in [0.2, 0.25) is 0 Å². The van der Waals surface area contributed by atoms with E-state index in [0.717, 1.165) is 6.54 Å². The van der Waals surface area contributed by atoms with Crippen LogP contribution >= 0.6 is 23.1 Å². The first-order valence-electron chi connectivity index (χ1n) is 6.68. The molecule has 0 bridgehead atoms. The molecule has 0 amide bonds. The SMILES string of the molecule is CCCNC(CSCC)Cc1ccc(CC)s1. The van der Waals surface area contributed by atoms with E-state index < -0.39 is 0 Å². The monoisotopic (exact) mass is 271 g/mol. The molecular formula is C14H25NS2. The molecule has 1 N–H and O–H groups in total. The lowest BCUT2D eigenvalue weighted by Gasteiger charge is -2.17. The molecule has 0 fully saturated rings. The van der Waals surface area contributed by atoms with Crippen LogP contribution in [0, 0.1) is 0 Å². The molecule has 1 heterocycles. The molecule has 0 aliphatic carbocycles. The lowest BCUT2D eigenvalue weighted by molar-refractivity contribution is 0.553. The van der Waals surface area contributed by atoms with Gasteiger partial charge in [0.05, 0.1) is 0 Å². The molecule has 1 atom stereocenters. The van der Waals surface area contributed by atoms with Crippen LogP contribution in [0.1, 0.15) is 36.9 Å². The van der Waals surface area contributed by atoms with E-state index in [1.54, 1.807) is 0 Å². The minimum Gasteiger partial charge on any atom is -0.313 e. The van der Waals surface area contributed by atoms with Crippen molar-refractivity contribution in [1.29, 1.82) is 0 Å². The van der Waals surface area contributed by atoms with Crippen LogP contribution in [-0.4, -0.2) is 24.1 Å². The van der Waals surface area contributed by atoms with Crippen molar-refractivity contribution < 1.29 is 0 Å². The summed E-state index contributed by atoms with van der Waals surface area (Å²) in [6, 6.07) is 5.23. The number of rotatable bonds is 9. The van der Waals surface area contributed by atoms with Crippen molar-refractivity contribution in [3.63, 3.8) is 0 Å². The van der Waals surface area contributed by atoms with Gasteiger partial charge in [-0.15, -0.1) is 11.3 Å². The van der Waals surface area contributed by atoms with E-state index in [2.05, 4.69) is 38.2 Å². The fourth-order valence-corrected chi connectivity index (χ4v) is 3.56. The standard InChI is InChI=1S/C14H25NS2/c1-4-9-15-12(11-16-6-3)10-14-8-7-13(5-2)17-14/h7-8,12,15H,4-6,9-11H2,1-3H3. The molecule has 1 nitrogen and oxygen atoms in total. The van der Waals surface area contributed by atoms with Crippen LogP contribution in [0.4, 0.5) is 0 Å². The summed E-state index contributed by atoms with van der Waals surface area (Å²) in [5.74, 6) is 2.45. The summed E-state index contributed by atoms with van der Waals surface area (Å²) in [4.78, 5) is 3.05. The Morgan fingerprint density at radius 3 is 2.59 bits per heavy atom. The van der Waals surface area contributed by atoms with E-state index >= 15 is 0 Å². The normalized spacial score (nSPS) is 12.9. The summed E-state index contributed by atoms with van der Waals surface area (Å²) in [6.45, 7) is 7.84. The molecule has 17 heavy (non-hydrogen) atoms. The minimum absolute atomic E-state index is 0.642. The topological polar surface area (TPSA) is 12.0 Å². The quantitative estimate of drug-likeness (QED) is 0.729. The molecule has 0 aliphatic heterocycles. The van der Waals surface area contributed by atoms with Crippen LogP contribution in [0.3, 0.4) is 0 Å². The summed E-state index contributed by atoms with van der Waals surface area (Å²) < 4.78 is 0. The van der Waals surface area contributed by atoms with Gasteiger partial charge in [-0.1, -0.05) is 20.8 Å². The molecule has 1 rings (SSSR count).